The number of hydrogen-bond acceptors (Lipinski definition) is 3. The van der Waals surface area contributed by atoms with Crippen molar-refractivity contribution in [3.05, 3.63) is 48.3 Å². The Morgan fingerprint density at radius 2 is 2.19 bits per heavy atom. The highest BCUT2D eigenvalue weighted by Gasteiger charge is 2.13. The van der Waals surface area contributed by atoms with E-state index in [2.05, 4.69) is 5.10 Å². The summed E-state index contributed by atoms with van der Waals surface area (Å²) < 4.78 is 6.68. The van der Waals surface area contributed by atoms with Gasteiger partial charge in [0.25, 0.3) is 5.91 Å². The number of para-hydroxylation sites is 1. The van der Waals surface area contributed by atoms with Gasteiger partial charge >= 0.3 is 0 Å². The van der Waals surface area contributed by atoms with Gasteiger partial charge in [-0.15, -0.1) is 0 Å². The third-order valence-electron chi connectivity index (χ3n) is 2.13. The van der Waals surface area contributed by atoms with Crippen LogP contribution in [0.4, 0.5) is 0 Å². The zero-order valence-electron chi connectivity index (χ0n) is 8.96. The minimum absolute atomic E-state index is 0.186. The molecule has 0 N–H and O–H groups in total. The minimum Gasteiger partial charge on any atom is -0.493 e. The maximum Gasteiger partial charge on any atom is 0.281 e. The van der Waals surface area contributed by atoms with Crippen LogP contribution < -0.4 is 4.74 Å². The molecule has 1 heterocycles. The molecule has 82 valence electrons. The molecule has 4 nitrogen and oxygen atoms in total. The van der Waals surface area contributed by atoms with Crippen LogP contribution >= 0.6 is 0 Å². The third-order valence-corrected chi connectivity index (χ3v) is 2.13. The molecule has 0 unspecified atom stereocenters. The summed E-state index contributed by atoms with van der Waals surface area (Å²) in [6, 6.07) is 8.86. The first-order chi connectivity index (χ1) is 7.83. The van der Waals surface area contributed by atoms with Gasteiger partial charge in [-0.2, -0.15) is 5.10 Å². The largest absolute Gasteiger partial charge is 0.493 e. The summed E-state index contributed by atoms with van der Waals surface area (Å²) in [5.74, 6) is 0.402. The van der Waals surface area contributed by atoms with Crippen LogP contribution in [-0.2, 0) is 0 Å². The van der Waals surface area contributed by atoms with E-state index in [-0.39, 0.29) is 5.91 Å². The normalized spacial score (nSPS) is 10.1. The molecule has 4 heteroatoms. The third kappa shape index (κ3) is 1.95. The lowest BCUT2D eigenvalue weighted by Crippen LogP contribution is -2.13. The SMILES string of the molecule is CCOc1ccccc1C(=O)n1cccn1. The highest BCUT2D eigenvalue weighted by Crippen LogP contribution is 2.18. The first-order valence-corrected chi connectivity index (χ1v) is 5.09. The Kier molecular flexibility index (Phi) is 3.00. The first-order valence-electron chi connectivity index (χ1n) is 5.09. The monoisotopic (exact) mass is 216 g/mol. The number of benzene rings is 1. The second kappa shape index (κ2) is 4.61. The van der Waals surface area contributed by atoms with Gasteiger partial charge in [0.1, 0.15) is 5.75 Å². The van der Waals surface area contributed by atoms with Gasteiger partial charge in [-0.25, -0.2) is 4.68 Å². The number of carbonyl (C=O) groups excluding carboxylic acids is 1. The molecule has 0 saturated carbocycles. The number of carbonyl (C=O) groups is 1. The van der Waals surface area contributed by atoms with E-state index in [9.17, 15) is 4.79 Å². The number of ether oxygens (including phenoxy) is 1. The summed E-state index contributed by atoms with van der Waals surface area (Å²) in [7, 11) is 0. The summed E-state index contributed by atoms with van der Waals surface area (Å²) in [4.78, 5) is 12.0. The second-order valence-electron chi connectivity index (χ2n) is 3.18. The molecule has 0 bridgehead atoms. The second-order valence-corrected chi connectivity index (χ2v) is 3.18. The van der Waals surface area contributed by atoms with Crippen molar-refractivity contribution in [2.24, 2.45) is 0 Å². The fourth-order valence-corrected chi connectivity index (χ4v) is 1.44. The zero-order valence-corrected chi connectivity index (χ0v) is 8.96. The van der Waals surface area contributed by atoms with Crippen LogP contribution in [0.15, 0.2) is 42.7 Å². The maximum absolute atomic E-state index is 12.0. The van der Waals surface area contributed by atoms with E-state index >= 15 is 0 Å². The van der Waals surface area contributed by atoms with Crippen molar-refractivity contribution in [1.29, 1.82) is 0 Å². The molecular formula is C12H12N2O2. The lowest BCUT2D eigenvalue weighted by molar-refractivity contribution is 0.0941. The van der Waals surface area contributed by atoms with Crippen molar-refractivity contribution >= 4 is 5.91 Å². The van der Waals surface area contributed by atoms with Crippen LogP contribution in [-0.4, -0.2) is 22.3 Å². The van der Waals surface area contributed by atoms with Crippen molar-refractivity contribution in [2.75, 3.05) is 6.61 Å². The Morgan fingerprint density at radius 1 is 1.38 bits per heavy atom. The van der Waals surface area contributed by atoms with Crippen molar-refractivity contribution in [1.82, 2.24) is 9.78 Å². The Balaban J connectivity index is 2.36. The fourth-order valence-electron chi connectivity index (χ4n) is 1.44. The highest BCUT2D eigenvalue weighted by molar-refractivity contribution is 5.97. The molecule has 1 aromatic heterocycles. The van der Waals surface area contributed by atoms with E-state index in [1.807, 2.05) is 13.0 Å². The molecule has 2 aromatic rings. The Labute approximate surface area is 93.5 Å². The smallest absolute Gasteiger partial charge is 0.281 e. The molecule has 2 rings (SSSR count). The average Bonchev–Trinajstić information content (AvgIpc) is 2.83. The van der Waals surface area contributed by atoms with Crippen molar-refractivity contribution in [3.63, 3.8) is 0 Å². The maximum atomic E-state index is 12.0. The summed E-state index contributed by atoms with van der Waals surface area (Å²) in [5, 5.41) is 3.91. The Bertz CT molecular complexity index is 478. The van der Waals surface area contributed by atoms with Crippen LogP contribution in [0.3, 0.4) is 0 Å². The molecule has 0 aliphatic heterocycles. The van der Waals surface area contributed by atoms with Crippen molar-refractivity contribution in [2.45, 2.75) is 6.92 Å². The molecular weight excluding hydrogens is 204 g/mol. The molecule has 0 atom stereocenters. The van der Waals surface area contributed by atoms with Gasteiger partial charge in [-0.3, -0.25) is 4.79 Å². The Morgan fingerprint density at radius 3 is 2.88 bits per heavy atom. The van der Waals surface area contributed by atoms with E-state index in [1.54, 1.807) is 36.7 Å². The molecule has 0 radical (unpaired) electrons. The summed E-state index contributed by atoms with van der Waals surface area (Å²) in [6.07, 6.45) is 3.19. The fraction of sp³-hybridized carbons (Fsp3) is 0.167. The molecule has 0 fully saturated rings. The topological polar surface area (TPSA) is 44.1 Å². The highest BCUT2D eigenvalue weighted by atomic mass is 16.5. The lowest BCUT2D eigenvalue weighted by atomic mass is 10.2. The van der Waals surface area contributed by atoms with Gasteiger partial charge in [0.2, 0.25) is 0 Å². The van der Waals surface area contributed by atoms with Crippen LogP contribution in [0.1, 0.15) is 17.3 Å². The molecule has 1 aromatic carbocycles. The van der Waals surface area contributed by atoms with E-state index in [0.29, 0.717) is 17.9 Å². The molecule has 0 saturated heterocycles. The zero-order chi connectivity index (χ0) is 11.4. The molecule has 0 aliphatic carbocycles. The van der Waals surface area contributed by atoms with Gasteiger partial charge in [-0.05, 0) is 25.1 Å². The van der Waals surface area contributed by atoms with Crippen LogP contribution in [0.5, 0.6) is 5.75 Å². The van der Waals surface area contributed by atoms with Crippen molar-refractivity contribution < 1.29 is 9.53 Å². The predicted octanol–water partition coefficient (Wildman–Crippen LogP) is 1.97. The standard InChI is InChI=1S/C12H12N2O2/c1-2-16-11-7-4-3-6-10(11)12(15)14-9-5-8-13-14/h3-9H,2H2,1H3. The molecule has 0 spiro atoms. The van der Waals surface area contributed by atoms with Crippen molar-refractivity contribution in [3.8, 4) is 5.75 Å². The van der Waals surface area contributed by atoms with E-state index in [0.717, 1.165) is 0 Å². The van der Waals surface area contributed by atoms with E-state index < -0.39 is 0 Å². The summed E-state index contributed by atoms with van der Waals surface area (Å²) >= 11 is 0. The average molecular weight is 216 g/mol. The first kappa shape index (κ1) is 10.4. The summed E-state index contributed by atoms with van der Waals surface area (Å²) in [6.45, 7) is 2.42. The van der Waals surface area contributed by atoms with Gasteiger partial charge in [0.05, 0.1) is 12.2 Å². The Hall–Kier alpha value is -2.10. The number of hydrogen-bond donors (Lipinski definition) is 0. The quantitative estimate of drug-likeness (QED) is 0.787. The summed E-state index contributed by atoms with van der Waals surface area (Å²) in [5.41, 5.74) is 0.521. The van der Waals surface area contributed by atoms with Gasteiger partial charge < -0.3 is 4.74 Å². The van der Waals surface area contributed by atoms with Crippen LogP contribution in [0, 0.1) is 0 Å². The molecule has 0 amide bonds. The van der Waals surface area contributed by atoms with E-state index in [1.165, 1.54) is 4.68 Å². The van der Waals surface area contributed by atoms with Gasteiger partial charge in [-0.1, -0.05) is 12.1 Å². The van der Waals surface area contributed by atoms with Crippen LogP contribution in [0.2, 0.25) is 0 Å². The number of rotatable bonds is 3. The number of nitrogens with zero attached hydrogens (tertiary/aromatic N) is 2. The molecule has 16 heavy (non-hydrogen) atoms. The van der Waals surface area contributed by atoms with E-state index in [4.69, 9.17) is 4.74 Å². The predicted molar refractivity (Wildman–Crippen MR) is 59.6 cm³/mol. The lowest BCUT2D eigenvalue weighted by Gasteiger charge is -2.08. The van der Waals surface area contributed by atoms with Gasteiger partial charge in [0.15, 0.2) is 0 Å². The van der Waals surface area contributed by atoms with Gasteiger partial charge in [0, 0.05) is 12.4 Å². The number of aromatic nitrogens is 2. The molecule has 0 aliphatic rings. The van der Waals surface area contributed by atoms with Crippen LogP contribution in [0.25, 0.3) is 0 Å². The minimum atomic E-state index is -0.186.